The molecule has 0 aliphatic carbocycles. The number of urea groups is 1. The van der Waals surface area contributed by atoms with Gasteiger partial charge >= 0.3 is 6.03 Å². The quantitative estimate of drug-likeness (QED) is 0.505. The number of imide groups is 1. The summed E-state index contributed by atoms with van der Waals surface area (Å²) in [6, 6.07) is 18.7. The van der Waals surface area contributed by atoms with Crippen LogP contribution in [-0.2, 0) is 11.3 Å². The molecule has 0 atom stereocenters. The maximum absolute atomic E-state index is 13.8. The van der Waals surface area contributed by atoms with Gasteiger partial charge in [-0.1, -0.05) is 48.2 Å². The standard InChI is InChI=1S/C21H15FN2O3S/c22-17-9-5-4-6-14(17)13-24-20(25)18(23-21(24)26)12-15-10-11-19(27-15)28-16-7-2-1-3-8-16/h1-12H,13H2,(H,23,26)/b18-12-. The van der Waals surface area contributed by atoms with Crippen molar-refractivity contribution in [3.63, 3.8) is 0 Å². The SMILES string of the molecule is O=C1N/C(=C\c2ccc(Sc3ccccc3)o2)C(=O)N1Cc1ccccc1F. The second-order valence-corrected chi connectivity index (χ2v) is 7.12. The lowest BCUT2D eigenvalue weighted by atomic mass is 10.2. The number of carbonyl (C=O) groups is 2. The third kappa shape index (κ3) is 3.84. The van der Waals surface area contributed by atoms with Crippen LogP contribution in [0.4, 0.5) is 9.18 Å². The van der Waals surface area contributed by atoms with E-state index in [9.17, 15) is 14.0 Å². The smallest absolute Gasteiger partial charge is 0.329 e. The van der Waals surface area contributed by atoms with Crippen LogP contribution in [0.25, 0.3) is 6.08 Å². The van der Waals surface area contributed by atoms with Crippen LogP contribution in [0, 0.1) is 5.82 Å². The van der Waals surface area contributed by atoms with Gasteiger partial charge in [0.15, 0.2) is 5.09 Å². The first-order valence-electron chi connectivity index (χ1n) is 8.51. The average molecular weight is 394 g/mol. The summed E-state index contributed by atoms with van der Waals surface area (Å²) in [7, 11) is 0. The second kappa shape index (κ2) is 7.74. The molecule has 7 heteroatoms. The zero-order valence-corrected chi connectivity index (χ0v) is 15.4. The highest BCUT2D eigenvalue weighted by atomic mass is 32.2. The van der Waals surface area contributed by atoms with Gasteiger partial charge in [-0.25, -0.2) is 9.18 Å². The first-order chi connectivity index (χ1) is 13.6. The molecule has 5 nitrogen and oxygen atoms in total. The van der Waals surface area contributed by atoms with Gasteiger partial charge in [-0.05, 0) is 30.3 Å². The molecule has 140 valence electrons. The van der Waals surface area contributed by atoms with Gasteiger partial charge in [-0.2, -0.15) is 0 Å². The molecule has 0 saturated carbocycles. The fourth-order valence-electron chi connectivity index (χ4n) is 2.73. The van der Waals surface area contributed by atoms with E-state index in [2.05, 4.69) is 5.32 Å². The molecule has 1 N–H and O–H groups in total. The van der Waals surface area contributed by atoms with Crippen LogP contribution in [-0.4, -0.2) is 16.8 Å². The zero-order valence-electron chi connectivity index (χ0n) is 14.6. The highest BCUT2D eigenvalue weighted by Crippen LogP contribution is 2.30. The monoisotopic (exact) mass is 394 g/mol. The molecule has 2 aromatic carbocycles. The Balaban J connectivity index is 1.49. The van der Waals surface area contributed by atoms with Crippen molar-refractivity contribution in [2.45, 2.75) is 16.5 Å². The number of furan rings is 1. The highest BCUT2D eigenvalue weighted by Gasteiger charge is 2.34. The Bertz CT molecular complexity index is 1060. The molecule has 1 saturated heterocycles. The lowest BCUT2D eigenvalue weighted by molar-refractivity contribution is -0.123. The van der Waals surface area contributed by atoms with Gasteiger partial charge in [0, 0.05) is 16.5 Å². The van der Waals surface area contributed by atoms with E-state index >= 15 is 0 Å². The Kier molecular flexibility index (Phi) is 4.99. The van der Waals surface area contributed by atoms with Crippen molar-refractivity contribution >= 4 is 29.8 Å². The average Bonchev–Trinajstić information content (AvgIpc) is 3.23. The van der Waals surface area contributed by atoms with Crippen molar-refractivity contribution in [3.05, 3.63) is 89.6 Å². The fourth-order valence-corrected chi connectivity index (χ4v) is 3.53. The lowest BCUT2D eigenvalue weighted by Gasteiger charge is -2.12. The number of nitrogens with one attached hydrogen (secondary N) is 1. The third-order valence-electron chi connectivity index (χ3n) is 4.10. The molecule has 28 heavy (non-hydrogen) atoms. The number of halogens is 1. The number of rotatable bonds is 5. The van der Waals surface area contributed by atoms with Crippen LogP contribution in [0.2, 0.25) is 0 Å². The molecule has 0 spiro atoms. The lowest BCUT2D eigenvalue weighted by Crippen LogP contribution is -2.30. The Morgan fingerprint density at radius 3 is 2.54 bits per heavy atom. The summed E-state index contributed by atoms with van der Waals surface area (Å²) in [5.41, 5.74) is 0.360. The number of hydrogen-bond acceptors (Lipinski definition) is 4. The summed E-state index contributed by atoms with van der Waals surface area (Å²) < 4.78 is 19.5. The molecular weight excluding hydrogens is 379 g/mol. The number of amides is 3. The number of benzene rings is 2. The Hall–Kier alpha value is -3.32. The van der Waals surface area contributed by atoms with Crippen molar-refractivity contribution in [1.82, 2.24) is 10.2 Å². The van der Waals surface area contributed by atoms with Crippen LogP contribution in [0.3, 0.4) is 0 Å². The highest BCUT2D eigenvalue weighted by molar-refractivity contribution is 7.99. The van der Waals surface area contributed by atoms with E-state index in [1.54, 1.807) is 24.3 Å². The van der Waals surface area contributed by atoms with Gasteiger partial charge in [-0.15, -0.1) is 0 Å². The van der Waals surface area contributed by atoms with Gasteiger partial charge in [0.2, 0.25) is 0 Å². The van der Waals surface area contributed by atoms with Crippen molar-refractivity contribution in [2.24, 2.45) is 0 Å². The molecule has 3 amide bonds. The Morgan fingerprint density at radius 1 is 1.00 bits per heavy atom. The third-order valence-corrected chi connectivity index (χ3v) is 5.03. The van der Waals surface area contributed by atoms with Crippen LogP contribution in [0.15, 0.2) is 86.8 Å². The van der Waals surface area contributed by atoms with Gasteiger partial charge in [-0.3, -0.25) is 9.69 Å². The van der Waals surface area contributed by atoms with E-state index in [1.165, 1.54) is 30.0 Å². The molecule has 1 aliphatic rings. The molecule has 0 unspecified atom stereocenters. The van der Waals surface area contributed by atoms with E-state index in [-0.39, 0.29) is 17.8 Å². The maximum Gasteiger partial charge on any atom is 0.329 e. The first-order valence-corrected chi connectivity index (χ1v) is 9.32. The Labute approximate surface area is 164 Å². The summed E-state index contributed by atoms with van der Waals surface area (Å²) in [6.45, 7) is -0.137. The van der Waals surface area contributed by atoms with Crippen molar-refractivity contribution in [2.75, 3.05) is 0 Å². The molecule has 0 radical (unpaired) electrons. The maximum atomic E-state index is 13.8. The molecule has 4 rings (SSSR count). The van der Waals surface area contributed by atoms with E-state index in [0.717, 1.165) is 9.80 Å². The number of carbonyl (C=O) groups excluding carboxylic acids is 2. The first kappa shape index (κ1) is 18.1. The zero-order chi connectivity index (χ0) is 19.5. The van der Waals surface area contributed by atoms with Crippen molar-refractivity contribution < 1.29 is 18.4 Å². The van der Waals surface area contributed by atoms with Crippen molar-refractivity contribution in [3.8, 4) is 0 Å². The Morgan fingerprint density at radius 2 is 1.75 bits per heavy atom. The van der Waals surface area contributed by atoms with Crippen LogP contribution < -0.4 is 5.32 Å². The number of hydrogen-bond donors (Lipinski definition) is 1. The van der Waals surface area contributed by atoms with Gasteiger partial charge in [0.05, 0.1) is 6.54 Å². The molecule has 1 aliphatic heterocycles. The summed E-state index contributed by atoms with van der Waals surface area (Å²) in [6.07, 6.45) is 1.47. The van der Waals surface area contributed by atoms with E-state index in [1.807, 2.05) is 30.3 Å². The van der Waals surface area contributed by atoms with Crippen LogP contribution in [0.5, 0.6) is 0 Å². The second-order valence-electron chi connectivity index (χ2n) is 6.04. The predicted molar refractivity (Wildman–Crippen MR) is 103 cm³/mol. The minimum atomic E-state index is -0.593. The minimum absolute atomic E-state index is 0.0898. The van der Waals surface area contributed by atoms with Gasteiger partial charge in [0.1, 0.15) is 17.3 Å². The fraction of sp³-hybridized carbons (Fsp3) is 0.0476. The van der Waals surface area contributed by atoms with E-state index < -0.39 is 17.8 Å². The van der Waals surface area contributed by atoms with Gasteiger partial charge in [0.25, 0.3) is 5.91 Å². The van der Waals surface area contributed by atoms with E-state index in [0.29, 0.717) is 10.9 Å². The van der Waals surface area contributed by atoms with Crippen LogP contribution in [0.1, 0.15) is 11.3 Å². The van der Waals surface area contributed by atoms with Crippen LogP contribution >= 0.6 is 11.8 Å². The minimum Gasteiger partial charge on any atom is -0.450 e. The molecule has 1 fully saturated rings. The van der Waals surface area contributed by atoms with Gasteiger partial charge < -0.3 is 9.73 Å². The largest absolute Gasteiger partial charge is 0.450 e. The summed E-state index contributed by atoms with van der Waals surface area (Å²) in [4.78, 5) is 26.7. The van der Waals surface area contributed by atoms with E-state index in [4.69, 9.17) is 4.42 Å². The summed E-state index contributed by atoms with van der Waals surface area (Å²) in [5.74, 6) is -0.550. The summed E-state index contributed by atoms with van der Waals surface area (Å²) >= 11 is 1.45. The number of nitrogens with zero attached hydrogens (tertiary/aromatic N) is 1. The molecule has 1 aromatic heterocycles. The topological polar surface area (TPSA) is 62.6 Å². The normalized spacial score (nSPS) is 15.3. The molecule has 0 bridgehead atoms. The summed E-state index contributed by atoms with van der Waals surface area (Å²) in [5, 5.41) is 3.18. The molecule has 2 heterocycles. The molecule has 3 aromatic rings. The van der Waals surface area contributed by atoms with Crippen molar-refractivity contribution in [1.29, 1.82) is 0 Å². The molecular formula is C21H15FN2O3S. The predicted octanol–water partition coefficient (Wildman–Crippen LogP) is 4.66.